The first-order valence-corrected chi connectivity index (χ1v) is 9.79. The van der Waals surface area contributed by atoms with Crippen LogP contribution < -0.4 is 5.32 Å². The number of alkyl carbamates (subject to hydrolysis) is 1. The van der Waals surface area contributed by atoms with Crippen molar-refractivity contribution in [1.82, 2.24) is 10.2 Å². The molecule has 3 atom stereocenters. The number of likely N-dealkylation sites (tertiary alicyclic amines) is 1. The summed E-state index contributed by atoms with van der Waals surface area (Å²) in [5.41, 5.74) is -0.183. The van der Waals surface area contributed by atoms with Crippen LogP contribution in [-0.4, -0.2) is 63.3 Å². The van der Waals surface area contributed by atoms with Gasteiger partial charge in [0.1, 0.15) is 17.7 Å². The van der Waals surface area contributed by atoms with Gasteiger partial charge in [-0.15, -0.1) is 0 Å². The molecule has 1 aliphatic heterocycles. The predicted octanol–water partition coefficient (Wildman–Crippen LogP) is 1.90. The zero-order chi connectivity index (χ0) is 22.5. The second-order valence-electron chi connectivity index (χ2n) is 8.29. The van der Waals surface area contributed by atoms with Crippen LogP contribution in [0.4, 0.5) is 4.79 Å². The van der Waals surface area contributed by atoms with Crippen molar-refractivity contribution in [3.05, 3.63) is 35.9 Å². The molecule has 1 aromatic rings. The van der Waals surface area contributed by atoms with Gasteiger partial charge in [0.15, 0.2) is 0 Å². The molecule has 3 N–H and O–H groups in total. The molecule has 1 aromatic carbocycles. The number of benzene rings is 1. The van der Waals surface area contributed by atoms with E-state index in [1.165, 1.54) is 0 Å². The summed E-state index contributed by atoms with van der Waals surface area (Å²) in [5.74, 6) is -4.48. The Morgan fingerprint density at radius 3 is 2.33 bits per heavy atom. The minimum atomic E-state index is -1.47. The molecule has 1 saturated heterocycles. The molecular weight excluding hydrogens is 392 g/mol. The summed E-state index contributed by atoms with van der Waals surface area (Å²) in [6.07, 6.45) is -0.200. The third-order valence-corrected chi connectivity index (χ3v) is 4.78. The van der Waals surface area contributed by atoms with Gasteiger partial charge in [-0.05, 0) is 45.6 Å². The van der Waals surface area contributed by atoms with E-state index in [2.05, 4.69) is 5.32 Å². The lowest BCUT2D eigenvalue weighted by atomic mass is 9.91. The Balaban J connectivity index is 2.34. The fraction of sp³-hybridized carbons (Fsp3) is 0.524. The lowest BCUT2D eigenvalue weighted by Gasteiger charge is -2.31. The summed E-state index contributed by atoms with van der Waals surface area (Å²) in [4.78, 5) is 50.3. The number of rotatable bonds is 7. The number of carboxylic acids is 2. The van der Waals surface area contributed by atoms with Gasteiger partial charge in [0.2, 0.25) is 5.91 Å². The number of ether oxygens (including phenoxy) is 1. The number of hydrogen-bond donors (Lipinski definition) is 3. The zero-order valence-electron chi connectivity index (χ0n) is 17.3. The number of nitrogens with one attached hydrogen (secondary N) is 1. The van der Waals surface area contributed by atoms with Gasteiger partial charge in [-0.3, -0.25) is 9.59 Å². The fourth-order valence-corrected chi connectivity index (χ4v) is 3.45. The smallest absolute Gasteiger partial charge is 0.408 e. The molecule has 2 rings (SSSR count). The minimum absolute atomic E-state index is 0.0199. The summed E-state index contributed by atoms with van der Waals surface area (Å²) in [6, 6.07) is 6.19. The maximum Gasteiger partial charge on any atom is 0.408 e. The molecule has 0 bridgehead atoms. The van der Waals surface area contributed by atoms with Gasteiger partial charge in [-0.1, -0.05) is 30.3 Å². The largest absolute Gasteiger partial charge is 0.481 e. The summed E-state index contributed by atoms with van der Waals surface area (Å²) in [7, 11) is 0. The van der Waals surface area contributed by atoms with Gasteiger partial charge >= 0.3 is 18.0 Å². The number of carbonyl (C=O) groups is 4. The van der Waals surface area contributed by atoms with Crippen molar-refractivity contribution in [2.75, 3.05) is 6.54 Å². The molecule has 0 saturated carbocycles. The van der Waals surface area contributed by atoms with Gasteiger partial charge in [0, 0.05) is 6.54 Å². The lowest BCUT2D eigenvalue weighted by Crippen LogP contribution is -2.57. The molecule has 0 radical (unpaired) electrons. The van der Waals surface area contributed by atoms with E-state index in [9.17, 15) is 29.4 Å². The van der Waals surface area contributed by atoms with Crippen LogP contribution in [0.25, 0.3) is 0 Å². The van der Waals surface area contributed by atoms with Crippen molar-refractivity contribution in [2.45, 2.75) is 57.7 Å². The molecule has 0 aromatic heterocycles. The highest BCUT2D eigenvalue weighted by atomic mass is 16.6. The van der Waals surface area contributed by atoms with E-state index in [0.29, 0.717) is 12.0 Å². The average molecular weight is 420 g/mol. The Kier molecular flexibility index (Phi) is 7.42. The molecule has 1 unspecified atom stereocenters. The van der Waals surface area contributed by atoms with Crippen LogP contribution in [0, 0.1) is 5.92 Å². The normalized spacial score (nSPS) is 18.4. The molecule has 0 aliphatic carbocycles. The second kappa shape index (κ2) is 9.60. The van der Waals surface area contributed by atoms with Crippen molar-refractivity contribution in [2.24, 2.45) is 5.92 Å². The maximum absolute atomic E-state index is 13.2. The summed E-state index contributed by atoms with van der Waals surface area (Å²) >= 11 is 0. The number of nitrogens with zero attached hydrogens (tertiary/aromatic N) is 1. The number of carboxylic acid groups (broad SMARTS) is 2. The quantitative estimate of drug-likeness (QED) is 0.613. The first-order valence-electron chi connectivity index (χ1n) is 9.79. The molecule has 30 heavy (non-hydrogen) atoms. The maximum atomic E-state index is 13.2. The Morgan fingerprint density at radius 2 is 1.80 bits per heavy atom. The summed E-state index contributed by atoms with van der Waals surface area (Å²) in [6.45, 7) is 5.11. The van der Waals surface area contributed by atoms with E-state index in [0.717, 1.165) is 4.90 Å². The van der Waals surface area contributed by atoms with E-state index in [-0.39, 0.29) is 19.4 Å². The van der Waals surface area contributed by atoms with Crippen molar-refractivity contribution >= 4 is 23.9 Å². The predicted molar refractivity (Wildman–Crippen MR) is 107 cm³/mol. The number of amides is 2. The van der Waals surface area contributed by atoms with Crippen molar-refractivity contribution in [3.8, 4) is 0 Å². The average Bonchev–Trinajstić information content (AvgIpc) is 3.13. The molecule has 1 aliphatic rings. The molecule has 164 valence electrons. The van der Waals surface area contributed by atoms with E-state index < -0.39 is 47.5 Å². The van der Waals surface area contributed by atoms with E-state index in [4.69, 9.17) is 4.74 Å². The summed E-state index contributed by atoms with van der Waals surface area (Å²) in [5, 5.41) is 21.6. The van der Waals surface area contributed by atoms with E-state index in [1.807, 2.05) is 0 Å². The molecular formula is C21H28N2O7. The third-order valence-electron chi connectivity index (χ3n) is 4.78. The third kappa shape index (κ3) is 6.20. The Bertz CT molecular complexity index is 788. The monoisotopic (exact) mass is 420 g/mol. The number of carbonyl (C=O) groups excluding carboxylic acids is 2. The molecule has 9 heteroatoms. The van der Waals surface area contributed by atoms with Crippen molar-refractivity contribution in [3.63, 3.8) is 0 Å². The van der Waals surface area contributed by atoms with Crippen LogP contribution >= 0.6 is 0 Å². The van der Waals surface area contributed by atoms with Gasteiger partial charge < -0.3 is 25.2 Å². The zero-order valence-corrected chi connectivity index (χ0v) is 17.3. The van der Waals surface area contributed by atoms with Crippen LogP contribution in [0.1, 0.15) is 39.2 Å². The highest BCUT2D eigenvalue weighted by Crippen LogP contribution is 2.23. The molecule has 1 heterocycles. The van der Waals surface area contributed by atoms with E-state index in [1.54, 1.807) is 51.1 Å². The van der Waals surface area contributed by atoms with Crippen molar-refractivity contribution < 1.29 is 34.1 Å². The Morgan fingerprint density at radius 1 is 1.17 bits per heavy atom. The van der Waals surface area contributed by atoms with E-state index >= 15 is 0 Å². The fourth-order valence-electron chi connectivity index (χ4n) is 3.45. The lowest BCUT2D eigenvalue weighted by molar-refractivity contribution is -0.152. The van der Waals surface area contributed by atoms with Crippen LogP contribution in [0.5, 0.6) is 0 Å². The summed E-state index contributed by atoms with van der Waals surface area (Å²) < 4.78 is 5.21. The topological polar surface area (TPSA) is 133 Å². The molecule has 1 fully saturated rings. The first kappa shape index (κ1) is 23.2. The van der Waals surface area contributed by atoms with Gasteiger partial charge in [-0.25, -0.2) is 9.59 Å². The van der Waals surface area contributed by atoms with Crippen LogP contribution in [0.15, 0.2) is 30.3 Å². The highest BCUT2D eigenvalue weighted by molar-refractivity contribution is 5.93. The van der Waals surface area contributed by atoms with Crippen LogP contribution in [0.2, 0.25) is 0 Å². The molecule has 2 amide bonds. The second-order valence-corrected chi connectivity index (χ2v) is 8.29. The van der Waals surface area contributed by atoms with Gasteiger partial charge in [0.05, 0.1) is 5.92 Å². The van der Waals surface area contributed by atoms with Gasteiger partial charge in [0.25, 0.3) is 0 Å². The standard InChI is InChI=1S/C21H28N2O7/c1-21(2,3)30-20(29)22-16(17(24)23-11-7-10-15(23)19(27)28)14(18(25)26)12-13-8-5-4-6-9-13/h4-6,8-9,14-16H,7,10-12H2,1-3H3,(H,22,29)(H,25,26)(H,27,28)/t14?,15-,16-/m0/s1. The van der Waals surface area contributed by atoms with Crippen LogP contribution in [0.3, 0.4) is 0 Å². The minimum Gasteiger partial charge on any atom is -0.481 e. The SMILES string of the molecule is CC(C)(C)OC(=O)N[C@H](C(=O)N1CCC[C@H]1C(=O)O)C(Cc1ccccc1)C(=O)O. The van der Waals surface area contributed by atoms with Crippen LogP contribution in [-0.2, 0) is 25.5 Å². The molecule has 0 spiro atoms. The Labute approximate surface area is 175 Å². The number of aliphatic carboxylic acids is 2. The highest BCUT2D eigenvalue weighted by Gasteiger charge is 2.43. The molecule has 9 nitrogen and oxygen atoms in total. The number of hydrogen-bond acceptors (Lipinski definition) is 5. The first-order chi connectivity index (χ1) is 14.0. The van der Waals surface area contributed by atoms with Gasteiger partial charge in [-0.2, -0.15) is 0 Å². The van der Waals surface area contributed by atoms with Crippen molar-refractivity contribution in [1.29, 1.82) is 0 Å². The Hall–Kier alpha value is -3.10.